The van der Waals surface area contributed by atoms with Crippen LogP contribution in [0.25, 0.3) is 21.8 Å². The van der Waals surface area contributed by atoms with Gasteiger partial charge in [0.25, 0.3) is 11.4 Å². The van der Waals surface area contributed by atoms with Gasteiger partial charge in [0.2, 0.25) is 25.4 Å². The molecule has 6 N–H and O–H groups in total. The van der Waals surface area contributed by atoms with Crippen LogP contribution in [0.15, 0.2) is 60.9 Å². The standard InChI is InChI=1S/C21H26N4O7.C15H15N3O5.C5H9NO4.ClH.4H2S/c1-13(2)23-15(11-26)20(27)24-10-4-6-17(24)21(28)32-12-31-18-8-7-16(25(29)30)14-5-3-9-22-19(14)18;19-15(11-4-2-7-16-11)23-9-22-13-6-5-12(18(20)21)10-3-1-8-17-14(10)13;1-3(8)6-4(2-7)5(9)10;;;;;/h3,5,7-9,13,15,17,23,26H,4,6,10-12H2,1-2H3;1,3,5-6,8,11,16H,2,4,7,9H2;4,7H,2H2,1H3,(H,6,8)(H,9,10);1H;4*1H2/t15-,17-;;4-;;;;;/m0.0...../s1. The number of carbonyl (C=O) groups excluding carboxylic acids is 4. The predicted octanol–water partition coefficient (Wildman–Crippen LogP) is 2.59. The molecule has 2 aliphatic heterocycles. The first-order valence-corrected chi connectivity index (χ1v) is 20.2. The molecule has 4 heterocycles. The quantitative estimate of drug-likeness (QED) is 0.0383. The summed E-state index contributed by atoms with van der Waals surface area (Å²) in [6.45, 7) is 4.44. The number of nitrogens with zero attached hydrogens (tertiary/aromatic N) is 5. The first kappa shape index (κ1) is 66.6. The second-order valence-electron chi connectivity index (χ2n) is 14.6. The number of pyridine rings is 2. The number of hydrogen-bond donors (Lipinski definition) is 6. The van der Waals surface area contributed by atoms with Crippen LogP contribution in [0.2, 0.25) is 0 Å². The van der Waals surface area contributed by atoms with Crippen LogP contribution in [0.3, 0.4) is 0 Å². The van der Waals surface area contributed by atoms with Gasteiger partial charge in [-0.15, -0.1) is 12.4 Å². The summed E-state index contributed by atoms with van der Waals surface area (Å²) in [5.74, 6) is -2.47. The van der Waals surface area contributed by atoms with Gasteiger partial charge in [-0.2, -0.15) is 54.0 Å². The molecule has 390 valence electrons. The maximum atomic E-state index is 12.8. The fraction of sp³-hybridized carbons (Fsp3) is 0.439. The number of carboxylic acids is 1. The van der Waals surface area contributed by atoms with Gasteiger partial charge in [-0.1, -0.05) is 13.8 Å². The van der Waals surface area contributed by atoms with E-state index >= 15 is 0 Å². The molecule has 2 amide bonds. The summed E-state index contributed by atoms with van der Waals surface area (Å²) in [6.07, 6.45) is 5.79. The fourth-order valence-corrected chi connectivity index (χ4v) is 6.71. The minimum atomic E-state index is -1.24. The van der Waals surface area contributed by atoms with Crippen molar-refractivity contribution in [1.29, 1.82) is 0 Å². The minimum Gasteiger partial charge on any atom is -0.480 e. The number of carbonyl (C=O) groups is 5. The number of nitrogens with one attached hydrogen (secondary N) is 3. The van der Waals surface area contributed by atoms with Gasteiger partial charge in [0.15, 0.2) is 0 Å². The number of aliphatic hydroxyl groups excluding tert-OH is 2. The second-order valence-corrected chi connectivity index (χ2v) is 14.6. The van der Waals surface area contributed by atoms with E-state index in [9.17, 15) is 49.3 Å². The number of non-ortho nitro benzene ring substituents is 2. The third-order valence-electron chi connectivity index (χ3n) is 9.67. The normalized spacial score (nSPS) is 15.1. The van der Waals surface area contributed by atoms with Crippen molar-refractivity contribution in [3.05, 3.63) is 81.2 Å². The maximum Gasteiger partial charge on any atom is 0.331 e. The first-order valence-electron chi connectivity index (χ1n) is 20.2. The Morgan fingerprint density at radius 2 is 1.29 bits per heavy atom. The van der Waals surface area contributed by atoms with Crippen molar-refractivity contribution in [3.8, 4) is 11.5 Å². The number of esters is 2. The number of aromatic nitrogens is 2. The number of halogens is 1. The van der Waals surface area contributed by atoms with Gasteiger partial charge in [0.05, 0.1) is 33.8 Å². The Hall–Kier alpha value is -5.46. The Morgan fingerprint density at radius 3 is 1.69 bits per heavy atom. The van der Waals surface area contributed by atoms with E-state index in [0.717, 1.165) is 19.4 Å². The first-order chi connectivity index (χ1) is 31.1. The molecule has 29 heteroatoms. The Balaban J connectivity index is 0. The van der Waals surface area contributed by atoms with Gasteiger partial charge in [-0.25, -0.2) is 9.59 Å². The molecule has 0 aliphatic carbocycles. The smallest absolute Gasteiger partial charge is 0.331 e. The van der Waals surface area contributed by atoms with E-state index in [-0.39, 0.29) is 126 Å². The van der Waals surface area contributed by atoms with Gasteiger partial charge in [0.1, 0.15) is 46.7 Å². The number of hydrogen-bond acceptors (Lipinski definition) is 19. The average molecular weight is 1080 g/mol. The maximum absolute atomic E-state index is 12.8. The number of amides is 2. The molecule has 24 nitrogen and oxygen atoms in total. The van der Waals surface area contributed by atoms with Crippen molar-refractivity contribution in [2.24, 2.45) is 0 Å². The van der Waals surface area contributed by atoms with E-state index in [4.69, 9.17) is 29.2 Å². The molecular weight excluding hydrogens is 1020 g/mol. The molecule has 0 saturated carbocycles. The molecule has 4 aromatic rings. The molecule has 70 heavy (non-hydrogen) atoms. The SMILES string of the molecule is CC(=O)N[C@@H](CO)C(=O)O.CC(C)N[C@@H](CO)C(=O)N1CCC[C@H]1C(=O)OCOc1ccc([N+](=O)[O-])c2cccnc12.Cl.O=C(OCOc1ccc([N+](=O)[O-])c2cccnc12)C1CCCN1.S.S.S.S. The van der Waals surface area contributed by atoms with Crippen LogP contribution in [-0.2, 0) is 33.4 Å². The number of fused-ring (bicyclic) bond motifs is 2. The summed E-state index contributed by atoms with van der Waals surface area (Å²) in [4.78, 5) is 88.4. The number of benzene rings is 2. The van der Waals surface area contributed by atoms with Crippen molar-refractivity contribution in [1.82, 2.24) is 30.8 Å². The number of nitro groups is 2. The van der Waals surface area contributed by atoms with Crippen molar-refractivity contribution >= 4 is 129 Å². The average Bonchev–Trinajstić information content (AvgIpc) is 4.01. The lowest BCUT2D eigenvalue weighted by Crippen LogP contribution is -2.53. The molecule has 4 atom stereocenters. The number of ether oxygens (including phenoxy) is 4. The van der Waals surface area contributed by atoms with Crippen LogP contribution < -0.4 is 25.4 Å². The zero-order valence-corrected chi connectivity index (χ0v) is 42.8. The Labute approximate surface area is 435 Å². The largest absolute Gasteiger partial charge is 0.480 e. The third kappa shape index (κ3) is 19.0. The lowest BCUT2D eigenvalue weighted by atomic mass is 10.1. The van der Waals surface area contributed by atoms with Gasteiger partial charge in [0, 0.05) is 44.0 Å². The molecule has 0 bridgehead atoms. The van der Waals surface area contributed by atoms with E-state index in [1.807, 2.05) is 19.2 Å². The highest BCUT2D eigenvalue weighted by atomic mass is 35.5. The molecule has 2 aromatic heterocycles. The van der Waals surface area contributed by atoms with Crippen LogP contribution >= 0.6 is 66.4 Å². The third-order valence-corrected chi connectivity index (χ3v) is 9.67. The van der Waals surface area contributed by atoms with Crippen LogP contribution in [-0.4, -0.2) is 140 Å². The fourth-order valence-electron chi connectivity index (χ4n) is 6.71. The zero-order valence-electron chi connectivity index (χ0n) is 38.0. The lowest BCUT2D eigenvalue weighted by Gasteiger charge is -2.28. The highest BCUT2D eigenvalue weighted by Crippen LogP contribution is 2.32. The number of carboxylic acid groups (broad SMARTS) is 1. The summed E-state index contributed by atoms with van der Waals surface area (Å²) in [6, 6.07) is 8.82. The molecule has 2 aromatic carbocycles. The summed E-state index contributed by atoms with van der Waals surface area (Å²) in [5.41, 5.74) is 0.483. The van der Waals surface area contributed by atoms with Crippen LogP contribution in [0.4, 0.5) is 11.4 Å². The predicted molar refractivity (Wildman–Crippen MR) is 276 cm³/mol. The highest BCUT2D eigenvalue weighted by Gasteiger charge is 2.38. The summed E-state index contributed by atoms with van der Waals surface area (Å²) < 4.78 is 21.2. The Kier molecular flexibility index (Phi) is 31.6. The van der Waals surface area contributed by atoms with Gasteiger partial charge in [-0.3, -0.25) is 44.6 Å². The van der Waals surface area contributed by atoms with Crippen molar-refractivity contribution in [2.45, 2.75) is 76.7 Å². The Bertz CT molecular complexity index is 2360. The van der Waals surface area contributed by atoms with E-state index < -0.39 is 59.2 Å². The summed E-state index contributed by atoms with van der Waals surface area (Å²) in [5, 5.41) is 57.1. The monoisotopic (exact) mass is 1080 g/mol. The van der Waals surface area contributed by atoms with E-state index in [2.05, 4.69) is 20.6 Å². The number of likely N-dealkylation sites (tertiary alicyclic amines) is 1. The van der Waals surface area contributed by atoms with E-state index in [1.165, 1.54) is 48.5 Å². The molecular formula is C41H59ClN8O16S4. The van der Waals surface area contributed by atoms with Crippen LogP contribution in [0.5, 0.6) is 11.5 Å². The summed E-state index contributed by atoms with van der Waals surface area (Å²) in [7, 11) is 0. The molecule has 1 unspecified atom stereocenters. The topological polar surface area (TPSA) is 334 Å². The molecule has 0 spiro atoms. The van der Waals surface area contributed by atoms with Crippen molar-refractivity contribution in [2.75, 3.05) is 39.9 Å². The molecule has 2 fully saturated rings. The molecule has 6 rings (SSSR count). The highest BCUT2D eigenvalue weighted by molar-refractivity contribution is 7.59. The molecule has 2 aliphatic rings. The van der Waals surface area contributed by atoms with Gasteiger partial charge in [-0.05, 0) is 68.6 Å². The van der Waals surface area contributed by atoms with E-state index in [0.29, 0.717) is 41.4 Å². The number of nitro benzene ring substituents is 2. The molecule has 2 saturated heterocycles. The number of aliphatic carboxylic acids is 1. The van der Waals surface area contributed by atoms with Gasteiger partial charge >= 0.3 is 17.9 Å². The summed E-state index contributed by atoms with van der Waals surface area (Å²) >= 11 is 0. The van der Waals surface area contributed by atoms with Crippen molar-refractivity contribution in [3.63, 3.8) is 0 Å². The minimum absolute atomic E-state index is 0. The van der Waals surface area contributed by atoms with Gasteiger partial charge < -0.3 is 55.1 Å². The number of rotatable bonds is 17. The Morgan fingerprint density at radius 1 is 0.786 bits per heavy atom. The van der Waals surface area contributed by atoms with Crippen LogP contribution in [0.1, 0.15) is 46.5 Å². The van der Waals surface area contributed by atoms with E-state index in [1.54, 1.807) is 24.3 Å². The second kappa shape index (κ2) is 33.2. The lowest BCUT2D eigenvalue weighted by molar-refractivity contribution is -0.383. The molecule has 0 radical (unpaired) electrons. The zero-order chi connectivity index (χ0) is 47.6. The number of aliphatic hydroxyl groups is 2. The van der Waals surface area contributed by atoms with Crippen molar-refractivity contribution < 1.29 is 68.1 Å². The van der Waals surface area contributed by atoms with Crippen LogP contribution in [0, 0.1) is 20.2 Å².